The van der Waals surface area contributed by atoms with E-state index in [0.717, 1.165) is 18.4 Å². The van der Waals surface area contributed by atoms with E-state index in [4.69, 9.17) is 11.0 Å². The summed E-state index contributed by atoms with van der Waals surface area (Å²) in [5.41, 5.74) is 7.71. The molecule has 0 heterocycles. The summed E-state index contributed by atoms with van der Waals surface area (Å²) >= 11 is 0. The van der Waals surface area contributed by atoms with Crippen molar-refractivity contribution in [2.45, 2.75) is 25.8 Å². The Labute approximate surface area is 91.1 Å². The van der Waals surface area contributed by atoms with E-state index < -0.39 is 0 Å². The molecule has 0 spiro atoms. The van der Waals surface area contributed by atoms with E-state index in [-0.39, 0.29) is 18.4 Å². The molecule has 0 aromatic heterocycles. The van der Waals surface area contributed by atoms with E-state index in [2.05, 4.69) is 13.0 Å². The lowest BCUT2D eigenvalue weighted by Crippen LogP contribution is -2.09. The third kappa shape index (κ3) is 3.37. The van der Waals surface area contributed by atoms with Crippen molar-refractivity contribution in [2.75, 3.05) is 0 Å². The van der Waals surface area contributed by atoms with Gasteiger partial charge in [-0.2, -0.15) is 5.26 Å². The maximum absolute atomic E-state index is 8.59. The van der Waals surface area contributed by atoms with Crippen LogP contribution in [0.4, 0.5) is 0 Å². The van der Waals surface area contributed by atoms with Gasteiger partial charge in [0.25, 0.3) is 0 Å². The van der Waals surface area contributed by atoms with Crippen LogP contribution in [0.5, 0.6) is 0 Å². The SMILES string of the molecule is CCCC(N)c1ccc(C#N)cc1.Cl. The van der Waals surface area contributed by atoms with Crippen LogP contribution < -0.4 is 5.73 Å². The minimum absolute atomic E-state index is 0. The summed E-state index contributed by atoms with van der Waals surface area (Å²) in [6, 6.07) is 9.67. The minimum Gasteiger partial charge on any atom is -0.324 e. The Hall–Kier alpha value is -1.04. The molecule has 0 aliphatic heterocycles. The normalized spacial score (nSPS) is 11.2. The van der Waals surface area contributed by atoms with Gasteiger partial charge in [0.2, 0.25) is 0 Å². The second kappa shape index (κ2) is 6.42. The Bertz CT molecular complexity index is 300. The van der Waals surface area contributed by atoms with Crippen LogP contribution in [0.3, 0.4) is 0 Å². The van der Waals surface area contributed by atoms with Crippen molar-refractivity contribution in [3.05, 3.63) is 35.4 Å². The van der Waals surface area contributed by atoms with Gasteiger partial charge in [-0.25, -0.2) is 0 Å². The first-order valence-corrected chi connectivity index (χ1v) is 4.53. The summed E-state index contributed by atoms with van der Waals surface area (Å²) in [7, 11) is 0. The molecule has 0 bridgehead atoms. The zero-order chi connectivity index (χ0) is 9.68. The maximum atomic E-state index is 8.59. The molecule has 0 aliphatic rings. The average molecular weight is 211 g/mol. The largest absolute Gasteiger partial charge is 0.324 e. The van der Waals surface area contributed by atoms with E-state index in [9.17, 15) is 0 Å². The Balaban J connectivity index is 0.00000169. The minimum atomic E-state index is 0. The fourth-order valence-electron chi connectivity index (χ4n) is 1.28. The van der Waals surface area contributed by atoms with Crippen molar-refractivity contribution >= 4 is 12.4 Å². The van der Waals surface area contributed by atoms with Crippen LogP contribution in [0.1, 0.15) is 36.9 Å². The van der Waals surface area contributed by atoms with E-state index in [1.165, 1.54) is 0 Å². The third-order valence-electron chi connectivity index (χ3n) is 2.07. The summed E-state index contributed by atoms with van der Waals surface area (Å²) < 4.78 is 0. The molecule has 14 heavy (non-hydrogen) atoms. The highest BCUT2D eigenvalue weighted by atomic mass is 35.5. The molecule has 0 saturated carbocycles. The third-order valence-corrected chi connectivity index (χ3v) is 2.07. The summed E-state index contributed by atoms with van der Waals surface area (Å²) in [6.45, 7) is 2.11. The maximum Gasteiger partial charge on any atom is 0.0991 e. The molecule has 0 amide bonds. The molecule has 2 N–H and O–H groups in total. The molecule has 0 radical (unpaired) electrons. The van der Waals surface area contributed by atoms with Gasteiger partial charge in [-0.05, 0) is 24.1 Å². The van der Waals surface area contributed by atoms with Crippen LogP contribution in [-0.4, -0.2) is 0 Å². The molecule has 2 nitrogen and oxygen atoms in total. The molecule has 0 fully saturated rings. The average Bonchev–Trinajstić information content (AvgIpc) is 2.18. The standard InChI is InChI=1S/C11H14N2.ClH/c1-2-3-11(13)10-6-4-9(8-12)5-7-10;/h4-7,11H,2-3,13H2,1H3;1H. The van der Waals surface area contributed by atoms with Crippen molar-refractivity contribution in [3.8, 4) is 6.07 Å². The van der Waals surface area contributed by atoms with Crippen LogP contribution in [0.25, 0.3) is 0 Å². The second-order valence-electron chi connectivity index (χ2n) is 3.13. The van der Waals surface area contributed by atoms with Crippen molar-refractivity contribution in [1.82, 2.24) is 0 Å². The molecule has 0 aliphatic carbocycles. The molecule has 76 valence electrons. The van der Waals surface area contributed by atoms with Crippen molar-refractivity contribution < 1.29 is 0 Å². The number of nitriles is 1. The monoisotopic (exact) mass is 210 g/mol. The Morgan fingerprint density at radius 2 is 1.93 bits per heavy atom. The highest BCUT2D eigenvalue weighted by Gasteiger charge is 2.03. The number of halogens is 1. The van der Waals surface area contributed by atoms with Gasteiger partial charge in [0, 0.05) is 6.04 Å². The number of nitrogens with two attached hydrogens (primary N) is 1. The summed E-state index contributed by atoms with van der Waals surface area (Å²) in [5.74, 6) is 0. The number of hydrogen-bond acceptors (Lipinski definition) is 2. The number of benzene rings is 1. The van der Waals surface area contributed by atoms with Crippen molar-refractivity contribution in [3.63, 3.8) is 0 Å². The van der Waals surface area contributed by atoms with E-state index in [1.54, 1.807) is 0 Å². The molecule has 1 aromatic carbocycles. The van der Waals surface area contributed by atoms with E-state index in [0.29, 0.717) is 5.56 Å². The zero-order valence-electron chi connectivity index (χ0n) is 8.23. The summed E-state index contributed by atoms with van der Waals surface area (Å²) in [4.78, 5) is 0. The summed E-state index contributed by atoms with van der Waals surface area (Å²) in [5, 5.41) is 8.59. The molecule has 1 atom stereocenters. The first-order valence-electron chi connectivity index (χ1n) is 4.53. The Morgan fingerprint density at radius 3 is 2.36 bits per heavy atom. The predicted octanol–water partition coefficient (Wildman–Crippen LogP) is 2.78. The van der Waals surface area contributed by atoms with Crippen LogP contribution >= 0.6 is 12.4 Å². The van der Waals surface area contributed by atoms with Crippen molar-refractivity contribution in [1.29, 1.82) is 5.26 Å². The van der Waals surface area contributed by atoms with Gasteiger partial charge in [0.15, 0.2) is 0 Å². The number of rotatable bonds is 3. The van der Waals surface area contributed by atoms with Crippen LogP contribution in [-0.2, 0) is 0 Å². The fraction of sp³-hybridized carbons (Fsp3) is 0.364. The van der Waals surface area contributed by atoms with Crippen molar-refractivity contribution in [2.24, 2.45) is 5.73 Å². The van der Waals surface area contributed by atoms with Gasteiger partial charge in [-0.1, -0.05) is 25.5 Å². The lowest BCUT2D eigenvalue weighted by molar-refractivity contribution is 0.638. The fourth-order valence-corrected chi connectivity index (χ4v) is 1.28. The molecule has 1 aromatic rings. The van der Waals surface area contributed by atoms with Gasteiger partial charge in [-0.15, -0.1) is 12.4 Å². The molecule has 1 rings (SSSR count). The Kier molecular flexibility index (Phi) is 5.94. The topological polar surface area (TPSA) is 49.8 Å². The summed E-state index contributed by atoms with van der Waals surface area (Å²) in [6.07, 6.45) is 2.08. The van der Waals surface area contributed by atoms with Crippen LogP contribution in [0, 0.1) is 11.3 Å². The van der Waals surface area contributed by atoms with Gasteiger partial charge in [0.05, 0.1) is 11.6 Å². The lowest BCUT2D eigenvalue weighted by Gasteiger charge is -2.09. The predicted molar refractivity (Wildman–Crippen MR) is 60.2 cm³/mol. The molecular weight excluding hydrogens is 196 g/mol. The Morgan fingerprint density at radius 1 is 1.36 bits per heavy atom. The molecule has 0 saturated heterocycles. The molecule has 1 unspecified atom stereocenters. The first-order chi connectivity index (χ1) is 6.27. The van der Waals surface area contributed by atoms with Gasteiger partial charge in [-0.3, -0.25) is 0 Å². The van der Waals surface area contributed by atoms with Gasteiger partial charge < -0.3 is 5.73 Å². The van der Waals surface area contributed by atoms with E-state index in [1.807, 2.05) is 24.3 Å². The zero-order valence-corrected chi connectivity index (χ0v) is 9.05. The smallest absolute Gasteiger partial charge is 0.0991 e. The van der Waals surface area contributed by atoms with Gasteiger partial charge in [0.1, 0.15) is 0 Å². The van der Waals surface area contributed by atoms with Crippen LogP contribution in [0.2, 0.25) is 0 Å². The number of hydrogen-bond donors (Lipinski definition) is 1. The first kappa shape index (κ1) is 13.0. The highest BCUT2D eigenvalue weighted by molar-refractivity contribution is 5.85. The second-order valence-corrected chi connectivity index (χ2v) is 3.13. The molecular formula is C11H15ClN2. The quantitative estimate of drug-likeness (QED) is 0.834. The molecule has 3 heteroatoms. The lowest BCUT2D eigenvalue weighted by atomic mass is 10.0. The van der Waals surface area contributed by atoms with E-state index >= 15 is 0 Å². The van der Waals surface area contributed by atoms with Gasteiger partial charge >= 0.3 is 0 Å². The highest BCUT2D eigenvalue weighted by Crippen LogP contribution is 2.15. The van der Waals surface area contributed by atoms with Crippen LogP contribution in [0.15, 0.2) is 24.3 Å². The number of nitrogens with zero attached hydrogens (tertiary/aromatic N) is 1.